The van der Waals surface area contributed by atoms with Crippen LogP contribution in [0.2, 0.25) is 0 Å². The third-order valence-electron chi connectivity index (χ3n) is 6.12. The molecule has 0 aromatic carbocycles. The monoisotopic (exact) mass is 298 g/mol. The zero-order chi connectivity index (χ0) is 15.0. The smallest absolute Gasteiger partial charge is 0.311 e. The Morgan fingerprint density at radius 3 is 2.71 bits per heavy atom. The summed E-state index contributed by atoms with van der Waals surface area (Å²) in [5.74, 6) is -1.37. The van der Waals surface area contributed by atoms with Crippen molar-refractivity contribution < 1.29 is 29.1 Å². The molecule has 6 heteroatoms. The maximum Gasteiger partial charge on any atom is 0.311 e. The molecule has 1 spiro atoms. The summed E-state index contributed by atoms with van der Waals surface area (Å²) < 4.78 is 11.4. The second kappa shape index (κ2) is 4.19. The van der Waals surface area contributed by atoms with E-state index in [-0.39, 0.29) is 23.7 Å². The van der Waals surface area contributed by atoms with Crippen LogP contribution >= 0.6 is 0 Å². The van der Waals surface area contributed by atoms with E-state index >= 15 is 0 Å². The number of aliphatic hydroxyl groups is 1. The molecule has 1 aliphatic carbocycles. The first kappa shape index (κ1) is 13.9. The molecule has 5 aliphatic rings. The van der Waals surface area contributed by atoms with Crippen LogP contribution in [0.4, 0.5) is 0 Å². The van der Waals surface area contributed by atoms with Gasteiger partial charge in [0.05, 0.1) is 5.92 Å². The molecule has 5 fully saturated rings. The fourth-order valence-electron chi connectivity index (χ4n) is 4.72. The van der Waals surface area contributed by atoms with Gasteiger partial charge in [0.15, 0.2) is 5.60 Å². The lowest BCUT2D eigenvalue weighted by Gasteiger charge is -2.57. The molecule has 0 amide bonds. The molecule has 0 radical (unpaired) electrons. The standard InChI is InChI=1S/C15H22O6/c1-7-4-5-9-8(2)12(17)18-13-15(9)10(7)6-11(16)14(3,19-13)20-21-15/h7-11,13,16H,4-6H2,1-3H3/t7-,8-,9+,10+,11-,13-,14+,15+/m1/s1. The molecular weight excluding hydrogens is 276 g/mol. The predicted molar refractivity (Wildman–Crippen MR) is 69.4 cm³/mol. The van der Waals surface area contributed by atoms with Crippen molar-refractivity contribution in [3.8, 4) is 0 Å². The number of ether oxygens (including phenoxy) is 2. The largest absolute Gasteiger partial charge is 0.432 e. The van der Waals surface area contributed by atoms with Gasteiger partial charge < -0.3 is 14.6 Å². The van der Waals surface area contributed by atoms with E-state index in [0.29, 0.717) is 12.3 Å². The van der Waals surface area contributed by atoms with Crippen molar-refractivity contribution in [2.24, 2.45) is 23.7 Å². The van der Waals surface area contributed by atoms with E-state index in [0.717, 1.165) is 12.8 Å². The molecule has 4 heterocycles. The number of carbonyl (C=O) groups excluding carboxylic acids is 1. The molecule has 6 nitrogen and oxygen atoms in total. The highest BCUT2D eigenvalue weighted by atomic mass is 17.3. The predicted octanol–water partition coefficient (Wildman–Crippen LogP) is 1.37. The Hall–Kier alpha value is -0.690. The Morgan fingerprint density at radius 1 is 1.19 bits per heavy atom. The summed E-state index contributed by atoms with van der Waals surface area (Å²) in [7, 11) is 0. The van der Waals surface area contributed by atoms with Gasteiger partial charge in [-0.15, -0.1) is 0 Å². The van der Waals surface area contributed by atoms with Gasteiger partial charge in [0, 0.05) is 11.8 Å². The molecule has 0 unspecified atom stereocenters. The van der Waals surface area contributed by atoms with E-state index in [1.807, 2.05) is 6.92 Å². The fraction of sp³-hybridized carbons (Fsp3) is 0.933. The van der Waals surface area contributed by atoms with Crippen LogP contribution in [-0.2, 0) is 24.0 Å². The number of hydrogen-bond donors (Lipinski definition) is 1. The van der Waals surface area contributed by atoms with Gasteiger partial charge >= 0.3 is 5.97 Å². The molecule has 8 atom stereocenters. The van der Waals surface area contributed by atoms with Gasteiger partial charge in [0.1, 0.15) is 6.10 Å². The molecule has 4 saturated heterocycles. The van der Waals surface area contributed by atoms with E-state index in [9.17, 15) is 9.90 Å². The number of fused-ring (bicyclic) bond motifs is 2. The summed E-state index contributed by atoms with van der Waals surface area (Å²) in [6.07, 6.45) is 0.824. The summed E-state index contributed by atoms with van der Waals surface area (Å²) in [4.78, 5) is 23.5. The number of carbonyl (C=O) groups is 1. The normalized spacial score (nSPS) is 59.1. The number of rotatable bonds is 0. The van der Waals surface area contributed by atoms with Crippen molar-refractivity contribution in [3.05, 3.63) is 0 Å². The van der Waals surface area contributed by atoms with Crippen LogP contribution in [-0.4, -0.2) is 34.9 Å². The van der Waals surface area contributed by atoms with E-state index in [4.69, 9.17) is 19.2 Å². The van der Waals surface area contributed by atoms with Crippen LogP contribution in [0.3, 0.4) is 0 Å². The van der Waals surface area contributed by atoms with Crippen molar-refractivity contribution in [2.75, 3.05) is 0 Å². The lowest BCUT2D eigenvalue weighted by atomic mass is 9.58. The minimum atomic E-state index is -1.28. The molecule has 1 saturated carbocycles. The quantitative estimate of drug-likeness (QED) is 0.538. The average Bonchev–Trinajstić information content (AvgIpc) is 2.61. The van der Waals surface area contributed by atoms with Gasteiger partial charge in [-0.25, -0.2) is 4.89 Å². The van der Waals surface area contributed by atoms with Crippen LogP contribution in [0.5, 0.6) is 0 Å². The number of hydrogen-bond acceptors (Lipinski definition) is 6. The highest BCUT2D eigenvalue weighted by molar-refractivity contribution is 5.74. The zero-order valence-corrected chi connectivity index (χ0v) is 12.6. The topological polar surface area (TPSA) is 74.2 Å². The fourth-order valence-corrected chi connectivity index (χ4v) is 4.72. The van der Waals surface area contributed by atoms with E-state index < -0.39 is 23.8 Å². The molecule has 4 aliphatic heterocycles. The maximum absolute atomic E-state index is 12.1. The molecule has 1 N–H and O–H groups in total. The Bertz CT molecular complexity index is 481. The van der Waals surface area contributed by atoms with Crippen molar-refractivity contribution in [2.45, 2.75) is 63.8 Å². The first-order valence-electron chi connectivity index (χ1n) is 7.81. The van der Waals surface area contributed by atoms with Crippen LogP contribution in [0.1, 0.15) is 40.0 Å². The lowest BCUT2D eigenvalue weighted by Crippen LogP contribution is -2.69. The van der Waals surface area contributed by atoms with E-state index in [2.05, 4.69) is 6.92 Å². The molecule has 0 aromatic heterocycles. The summed E-state index contributed by atoms with van der Waals surface area (Å²) in [5.41, 5.74) is -0.790. The second-order valence-electron chi connectivity index (χ2n) is 7.23. The van der Waals surface area contributed by atoms with Crippen LogP contribution < -0.4 is 0 Å². The SMILES string of the molecule is C[C@@H]1CC[C@H]2[C@@H](C)C(=O)O[C@@H]3O[C@@]4(C)OO[C@@]32[C@H]1C[C@H]4O. The molecule has 5 rings (SSSR count). The Morgan fingerprint density at radius 2 is 1.95 bits per heavy atom. The average molecular weight is 298 g/mol. The van der Waals surface area contributed by atoms with E-state index in [1.165, 1.54) is 0 Å². The third-order valence-corrected chi connectivity index (χ3v) is 6.12. The van der Waals surface area contributed by atoms with Crippen LogP contribution in [0, 0.1) is 23.7 Å². The van der Waals surface area contributed by atoms with Gasteiger partial charge in [-0.2, -0.15) is 4.89 Å². The minimum Gasteiger partial charge on any atom is -0.432 e. The summed E-state index contributed by atoms with van der Waals surface area (Å²) >= 11 is 0. The van der Waals surface area contributed by atoms with Crippen molar-refractivity contribution in [3.63, 3.8) is 0 Å². The summed E-state index contributed by atoms with van der Waals surface area (Å²) in [6, 6.07) is 0. The highest BCUT2D eigenvalue weighted by Gasteiger charge is 2.71. The summed E-state index contributed by atoms with van der Waals surface area (Å²) in [6.45, 7) is 5.67. The number of aliphatic hydroxyl groups excluding tert-OH is 1. The molecule has 2 bridgehead atoms. The van der Waals surface area contributed by atoms with Gasteiger partial charge in [-0.1, -0.05) is 13.8 Å². The molecule has 118 valence electrons. The first-order chi connectivity index (χ1) is 9.88. The van der Waals surface area contributed by atoms with Crippen molar-refractivity contribution >= 4 is 5.97 Å². The third kappa shape index (κ3) is 1.59. The Labute approximate surface area is 123 Å². The van der Waals surface area contributed by atoms with E-state index in [1.54, 1.807) is 6.92 Å². The molecular formula is C15H22O6. The maximum atomic E-state index is 12.1. The Balaban J connectivity index is 1.85. The van der Waals surface area contributed by atoms with Gasteiger partial charge in [-0.3, -0.25) is 4.79 Å². The van der Waals surface area contributed by atoms with Crippen LogP contribution in [0.15, 0.2) is 0 Å². The minimum absolute atomic E-state index is 0.000185. The van der Waals surface area contributed by atoms with Crippen LogP contribution in [0.25, 0.3) is 0 Å². The second-order valence-corrected chi connectivity index (χ2v) is 7.23. The van der Waals surface area contributed by atoms with Gasteiger partial charge in [-0.05, 0) is 32.1 Å². The summed E-state index contributed by atoms with van der Waals surface area (Å²) in [5, 5.41) is 10.5. The number of esters is 1. The molecule has 0 aromatic rings. The van der Waals surface area contributed by atoms with Crippen molar-refractivity contribution in [1.29, 1.82) is 0 Å². The Kier molecular flexibility index (Phi) is 2.78. The van der Waals surface area contributed by atoms with Gasteiger partial charge in [0.25, 0.3) is 0 Å². The van der Waals surface area contributed by atoms with Gasteiger partial charge in [0.2, 0.25) is 12.1 Å². The first-order valence-corrected chi connectivity index (χ1v) is 7.81. The zero-order valence-electron chi connectivity index (χ0n) is 12.6. The van der Waals surface area contributed by atoms with Crippen molar-refractivity contribution in [1.82, 2.24) is 0 Å². The lowest BCUT2D eigenvalue weighted by molar-refractivity contribution is -0.565. The highest BCUT2D eigenvalue weighted by Crippen LogP contribution is 2.59. The molecule has 21 heavy (non-hydrogen) atoms.